The van der Waals surface area contributed by atoms with Crippen molar-refractivity contribution in [2.45, 2.75) is 45.8 Å². The molecule has 2 aromatic heterocycles. The van der Waals surface area contributed by atoms with Gasteiger partial charge in [0.25, 0.3) is 0 Å². The van der Waals surface area contributed by atoms with E-state index in [0.29, 0.717) is 18.8 Å². The zero-order valence-corrected chi connectivity index (χ0v) is 16.0. The minimum atomic E-state index is -0.665. The van der Waals surface area contributed by atoms with Crippen LogP contribution >= 0.6 is 0 Å². The molecule has 2 N–H and O–H groups in total. The van der Waals surface area contributed by atoms with Gasteiger partial charge in [0, 0.05) is 35.3 Å². The maximum Gasteiger partial charge on any atom is 0.153 e. The number of hydrogen-bond donors (Lipinski definition) is 2. The van der Waals surface area contributed by atoms with Crippen molar-refractivity contribution in [1.82, 2.24) is 14.8 Å². The third kappa shape index (κ3) is 4.92. The molecule has 0 saturated heterocycles. The highest BCUT2D eigenvalue weighted by Crippen LogP contribution is 2.26. The first-order valence-electron chi connectivity index (χ1n) is 9.42. The largest absolute Gasteiger partial charge is 0.391 e. The Labute approximate surface area is 163 Å². The van der Waals surface area contributed by atoms with Crippen molar-refractivity contribution in [2.75, 3.05) is 5.32 Å². The van der Waals surface area contributed by atoms with Gasteiger partial charge in [-0.1, -0.05) is 20.3 Å². The fourth-order valence-electron chi connectivity index (χ4n) is 2.98. The van der Waals surface area contributed by atoms with E-state index in [4.69, 9.17) is 0 Å². The van der Waals surface area contributed by atoms with Gasteiger partial charge in [-0.15, -0.1) is 0 Å². The van der Waals surface area contributed by atoms with Crippen LogP contribution < -0.4 is 5.32 Å². The number of anilines is 2. The fraction of sp³-hybridized carbons (Fsp3) is 0.333. The van der Waals surface area contributed by atoms with E-state index in [-0.39, 0.29) is 5.69 Å². The van der Waals surface area contributed by atoms with Crippen LogP contribution in [0.25, 0.3) is 11.3 Å². The smallest absolute Gasteiger partial charge is 0.153 e. The molecule has 0 aliphatic carbocycles. The Morgan fingerprint density at radius 1 is 1.11 bits per heavy atom. The van der Waals surface area contributed by atoms with Gasteiger partial charge >= 0.3 is 0 Å². The molecule has 1 unspecified atom stereocenters. The summed E-state index contributed by atoms with van der Waals surface area (Å²) in [7, 11) is 0. The molecular formula is C21H24F2N4O. The summed E-state index contributed by atoms with van der Waals surface area (Å²) in [6.07, 6.45) is 3.66. The first kappa shape index (κ1) is 19.9. The lowest BCUT2D eigenvalue weighted by atomic mass is 10.1. The number of aliphatic hydroxyl groups excluding tert-OH is 1. The first-order valence-corrected chi connectivity index (χ1v) is 9.42. The lowest BCUT2D eigenvalue weighted by Gasteiger charge is -2.12. The van der Waals surface area contributed by atoms with Gasteiger partial charge in [-0.2, -0.15) is 5.10 Å². The number of nitrogens with one attached hydrogen (secondary N) is 1. The molecule has 7 heteroatoms. The van der Waals surface area contributed by atoms with E-state index in [1.807, 2.05) is 19.1 Å². The molecular weight excluding hydrogens is 362 g/mol. The molecule has 5 nitrogen and oxygen atoms in total. The van der Waals surface area contributed by atoms with Crippen molar-refractivity contribution in [1.29, 1.82) is 0 Å². The zero-order valence-electron chi connectivity index (χ0n) is 16.0. The average molecular weight is 386 g/mol. The summed E-state index contributed by atoms with van der Waals surface area (Å²) in [5.41, 5.74) is 2.97. The average Bonchev–Trinajstić information content (AvgIpc) is 3.03. The summed E-state index contributed by atoms with van der Waals surface area (Å²) < 4.78 is 28.6. The number of aryl methyl sites for hydroxylation is 1. The molecule has 148 valence electrons. The van der Waals surface area contributed by atoms with Crippen molar-refractivity contribution < 1.29 is 13.9 Å². The maximum absolute atomic E-state index is 13.5. The molecule has 0 aliphatic rings. The highest BCUT2D eigenvalue weighted by molar-refractivity contribution is 5.66. The van der Waals surface area contributed by atoms with Gasteiger partial charge in [0.2, 0.25) is 0 Å². The predicted molar refractivity (Wildman–Crippen MR) is 105 cm³/mol. The molecule has 0 amide bonds. The number of nitrogens with zero attached hydrogens (tertiary/aromatic N) is 3. The Kier molecular flexibility index (Phi) is 6.36. The Balaban J connectivity index is 1.97. The van der Waals surface area contributed by atoms with Crippen LogP contribution in [0.5, 0.6) is 0 Å². The van der Waals surface area contributed by atoms with Gasteiger partial charge in [0.15, 0.2) is 5.82 Å². The van der Waals surface area contributed by atoms with Crippen molar-refractivity contribution in [3.05, 3.63) is 59.9 Å². The third-order valence-corrected chi connectivity index (χ3v) is 4.39. The van der Waals surface area contributed by atoms with E-state index in [1.54, 1.807) is 16.9 Å². The minimum absolute atomic E-state index is 0.270. The van der Waals surface area contributed by atoms with Crippen LogP contribution in [0, 0.1) is 11.6 Å². The number of benzene rings is 1. The number of pyridine rings is 1. The standard InChI is InChI=1S/C21H24F2N4O/c1-3-5-17-8-14(6-7-24-17)20-12-21(26-27(20)13-19(28)4-2)25-18-10-15(22)9-16(23)11-18/h6-12,19,28H,3-5,13H2,1-2H3,(H,25,26). The normalized spacial score (nSPS) is 12.2. The lowest BCUT2D eigenvalue weighted by molar-refractivity contribution is 0.146. The van der Waals surface area contributed by atoms with Crippen LogP contribution in [-0.2, 0) is 13.0 Å². The lowest BCUT2D eigenvalue weighted by Crippen LogP contribution is -2.16. The van der Waals surface area contributed by atoms with Crippen LogP contribution in [0.1, 0.15) is 32.4 Å². The van der Waals surface area contributed by atoms with Gasteiger partial charge in [0.05, 0.1) is 18.3 Å². The molecule has 0 fully saturated rings. The number of halogens is 2. The molecule has 0 saturated carbocycles. The third-order valence-electron chi connectivity index (χ3n) is 4.39. The summed E-state index contributed by atoms with van der Waals surface area (Å²) in [6, 6.07) is 8.91. The van der Waals surface area contributed by atoms with Crippen molar-refractivity contribution in [3.8, 4) is 11.3 Å². The fourth-order valence-corrected chi connectivity index (χ4v) is 2.98. The summed E-state index contributed by atoms with van der Waals surface area (Å²) in [6.45, 7) is 4.31. The number of rotatable bonds is 8. The summed E-state index contributed by atoms with van der Waals surface area (Å²) in [5.74, 6) is -0.888. The molecule has 1 aromatic carbocycles. The first-order chi connectivity index (χ1) is 13.5. The van der Waals surface area contributed by atoms with Crippen LogP contribution in [0.3, 0.4) is 0 Å². The molecule has 0 bridgehead atoms. The van der Waals surface area contributed by atoms with Crippen molar-refractivity contribution in [2.24, 2.45) is 0 Å². The Morgan fingerprint density at radius 3 is 2.54 bits per heavy atom. The van der Waals surface area contributed by atoms with Gasteiger partial charge in [-0.3, -0.25) is 9.67 Å². The number of aliphatic hydroxyl groups is 1. The molecule has 1 atom stereocenters. The second-order valence-electron chi connectivity index (χ2n) is 6.73. The van der Waals surface area contributed by atoms with E-state index >= 15 is 0 Å². The zero-order chi connectivity index (χ0) is 20.1. The second-order valence-corrected chi connectivity index (χ2v) is 6.73. The van der Waals surface area contributed by atoms with E-state index in [1.165, 1.54) is 12.1 Å². The Bertz CT molecular complexity index is 922. The molecule has 0 radical (unpaired) electrons. The van der Waals surface area contributed by atoms with E-state index in [9.17, 15) is 13.9 Å². The Morgan fingerprint density at radius 2 is 1.86 bits per heavy atom. The highest BCUT2D eigenvalue weighted by atomic mass is 19.1. The maximum atomic E-state index is 13.5. The van der Waals surface area contributed by atoms with Crippen molar-refractivity contribution in [3.63, 3.8) is 0 Å². The predicted octanol–water partition coefficient (Wildman–Crippen LogP) is 4.69. The van der Waals surface area contributed by atoms with Gasteiger partial charge < -0.3 is 10.4 Å². The molecule has 0 aliphatic heterocycles. The quantitative estimate of drug-likeness (QED) is 0.590. The number of aromatic nitrogens is 3. The SMILES string of the molecule is CCCc1cc(-c2cc(Nc3cc(F)cc(F)c3)nn2CC(O)CC)ccn1. The monoisotopic (exact) mass is 386 g/mol. The minimum Gasteiger partial charge on any atom is -0.391 e. The van der Waals surface area contributed by atoms with Crippen LogP contribution in [0.2, 0.25) is 0 Å². The molecule has 2 heterocycles. The summed E-state index contributed by atoms with van der Waals surface area (Å²) in [4.78, 5) is 4.38. The molecule has 3 rings (SSSR count). The van der Waals surface area contributed by atoms with Gasteiger partial charge in [0.1, 0.15) is 11.6 Å². The van der Waals surface area contributed by atoms with Crippen LogP contribution in [0.15, 0.2) is 42.6 Å². The topological polar surface area (TPSA) is 63.0 Å². The molecule has 0 spiro atoms. The van der Waals surface area contributed by atoms with Crippen LogP contribution in [0.4, 0.5) is 20.3 Å². The summed E-state index contributed by atoms with van der Waals surface area (Å²) in [5, 5.41) is 17.5. The second kappa shape index (κ2) is 8.93. The molecule has 3 aromatic rings. The van der Waals surface area contributed by atoms with Crippen LogP contribution in [-0.4, -0.2) is 26.0 Å². The van der Waals surface area contributed by atoms with Crippen molar-refractivity contribution >= 4 is 11.5 Å². The summed E-state index contributed by atoms with van der Waals surface area (Å²) >= 11 is 0. The van der Waals surface area contributed by atoms with E-state index < -0.39 is 17.7 Å². The number of hydrogen-bond acceptors (Lipinski definition) is 4. The highest BCUT2D eigenvalue weighted by Gasteiger charge is 2.14. The van der Waals surface area contributed by atoms with E-state index in [2.05, 4.69) is 22.3 Å². The van der Waals surface area contributed by atoms with E-state index in [0.717, 1.165) is 35.9 Å². The van der Waals surface area contributed by atoms with Gasteiger partial charge in [-0.25, -0.2) is 8.78 Å². The Hall–Kier alpha value is -2.80. The van der Waals surface area contributed by atoms with Gasteiger partial charge in [-0.05, 0) is 37.1 Å². The molecule has 28 heavy (non-hydrogen) atoms.